The highest BCUT2D eigenvalue weighted by molar-refractivity contribution is 7.89. The van der Waals surface area contributed by atoms with E-state index in [4.69, 9.17) is 0 Å². The van der Waals surface area contributed by atoms with Gasteiger partial charge in [0.15, 0.2) is 5.82 Å². The van der Waals surface area contributed by atoms with Crippen LogP contribution in [-0.2, 0) is 26.1 Å². The van der Waals surface area contributed by atoms with Crippen LogP contribution in [0.25, 0.3) is 0 Å². The maximum Gasteiger partial charge on any atom is 0.261 e. The minimum absolute atomic E-state index is 0.00273. The standard InChI is InChI=1S/C11H13N5O4S/c17-10(11(3-1-4-11)16-6-2-5-13-16)15-21(18,19)7-9-12-8-20-14-9/h2,5-6,8H,1,3-4,7H2,(H,15,17). The SMILES string of the molecule is O=C(NS(=O)(=O)Cc1ncon1)C1(n2cccn2)CCC1. The molecule has 1 N–H and O–H groups in total. The maximum absolute atomic E-state index is 12.4. The number of carbonyl (C=O) groups is 1. The molecule has 1 aliphatic rings. The molecule has 2 aromatic rings. The van der Waals surface area contributed by atoms with Gasteiger partial charge in [-0.25, -0.2) is 8.42 Å². The molecule has 1 aliphatic carbocycles. The molecule has 1 saturated carbocycles. The molecular formula is C11H13N5O4S. The Morgan fingerprint density at radius 2 is 2.29 bits per heavy atom. The summed E-state index contributed by atoms with van der Waals surface area (Å²) in [5, 5.41) is 7.48. The van der Waals surface area contributed by atoms with Gasteiger partial charge in [0.05, 0.1) is 0 Å². The first-order chi connectivity index (χ1) is 10.0. The number of nitrogens with one attached hydrogen (secondary N) is 1. The first-order valence-corrected chi connectivity index (χ1v) is 7.97. The number of rotatable bonds is 5. The summed E-state index contributed by atoms with van der Waals surface area (Å²) in [6.45, 7) is 0. The van der Waals surface area contributed by atoms with Crippen LogP contribution >= 0.6 is 0 Å². The normalized spacial score (nSPS) is 17.1. The van der Waals surface area contributed by atoms with Crippen LogP contribution in [0.1, 0.15) is 25.1 Å². The molecular weight excluding hydrogens is 298 g/mol. The molecule has 0 unspecified atom stereocenters. The van der Waals surface area contributed by atoms with E-state index in [9.17, 15) is 13.2 Å². The van der Waals surface area contributed by atoms with Gasteiger partial charge in [-0.1, -0.05) is 5.16 Å². The lowest BCUT2D eigenvalue weighted by atomic mass is 9.76. The van der Waals surface area contributed by atoms with Crippen molar-refractivity contribution in [2.24, 2.45) is 0 Å². The Bertz CT molecular complexity index is 719. The van der Waals surface area contributed by atoms with Crippen molar-refractivity contribution in [1.82, 2.24) is 24.6 Å². The number of nitrogens with zero attached hydrogens (tertiary/aromatic N) is 4. The molecule has 0 aromatic carbocycles. The van der Waals surface area contributed by atoms with Gasteiger partial charge in [-0.15, -0.1) is 0 Å². The van der Waals surface area contributed by atoms with Crippen molar-refractivity contribution in [3.63, 3.8) is 0 Å². The fourth-order valence-electron chi connectivity index (χ4n) is 2.29. The van der Waals surface area contributed by atoms with Crippen molar-refractivity contribution >= 4 is 15.9 Å². The van der Waals surface area contributed by atoms with Crippen molar-refractivity contribution in [3.05, 3.63) is 30.7 Å². The number of hydrogen-bond acceptors (Lipinski definition) is 7. The first-order valence-electron chi connectivity index (χ1n) is 6.32. The second-order valence-electron chi connectivity index (χ2n) is 4.87. The lowest BCUT2D eigenvalue weighted by Gasteiger charge is -2.39. The number of hydrogen-bond donors (Lipinski definition) is 1. The predicted molar refractivity (Wildman–Crippen MR) is 69.1 cm³/mol. The van der Waals surface area contributed by atoms with Gasteiger partial charge in [0.2, 0.25) is 16.4 Å². The van der Waals surface area contributed by atoms with Gasteiger partial charge in [0.1, 0.15) is 11.3 Å². The summed E-state index contributed by atoms with van der Waals surface area (Å²) in [5.41, 5.74) is -0.923. The summed E-state index contributed by atoms with van der Waals surface area (Å²) < 4.78 is 32.0. The smallest absolute Gasteiger partial charge is 0.261 e. The van der Waals surface area contributed by atoms with Crippen LogP contribution in [0.2, 0.25) is 0 Å². The third kappa shape index (κ3) is 2.53. The number of carbonyl (C=O) groups excluding carboxylic acids is 1. The van der Waals surface area contributed by atoms with E-state index < -0.39 is 27.2 Å². The van der Waals surface area contributed by atoms with Crippen molar-refractivity contribution in [1.29, 1.82) is 0 Å². The molecule has 10 heteroatoms. The molecule has 2 heterocycles. The highest BCUT2D eigenvalue weighted by Crippen LogP contribution is 2.39. The van der Waals surface area contributed by atoms with Crippen molar-refractivity contribution in [2.45, 2.75) is 30.6 Å². The fraction of sp³-hybridized carbons (Fsp3) is 0.455. The summed E-state index contributed by atoms with van der Waals surface area (Å²) in [7, 11) is -3.88. The van der Waals surface area contributed by atoms with Crippen LogP contribution in [0.5, 0.6) is 0 Å². The average molecular weight is 311 g/mol. The van der Waals surface area contributed by atoms with E-state index in [1.807, 2.05) is 0 Å². The minimum Gasteiger partial charge on any atom is -0.343 e. The summed E-state index contributed by atoms with van der Waals surface area (Å²) >= 11 is 0. The topological polar surface area (TPSA) is 120 Å². The second-order valence-corrected chi connectivity index (χ2v) is 6.60. The number of sulfonamides is 1. The molecule has 0 radical (unpaired) electrons. The van der Waals surface area contributed by atoms with Gasteiger partial charge in [0, 0.05) is 12.4 Å². The Balaban J connectivity index is 1.76. The van der Waals surface area contributed by atoms with Crippen molar-refractivity contribution in [3.8, 4) is 0 Å². The van der Waals surface area contributed by atoms with Crippen LogP contribution in [0.15, 0.2) is 29.4 Å². The van der Waals surface area contributed by atoms with Gasteiger partial charge < -0.3 is 4.52 Å². The third-order valence-electron chi connectivity index (χ3n) is 3.52. The Kier molecular flexibility index (Phi) is 3.24. The second kappa shape index (κ2) is 4.95. The van der Waals surface area contributed by atoms with Crippen LogP contribution in [0, 0.1) is 0 Å². The largest absolute Gasteiger partial charge is 0.343 e. The summed E-state index contributed by atoms with van der Waals surface area (Å²) in [6, 6.07) is 1.70. The molecule has 112 valence electrons. The molecule has 0 spiro atoms. The van der Waals surface area contributed by atoms with Gasteiger partial charge in [-0.3, -0.25) is 14.2 Å². The van der Waals surface area contributed by atoms with Gasteiger partial charge in [-0.05, 0) is 25.3 Å². The molecule has 9 nitrogen and oxygen atoms in total. The van der Waals surface area contributed by atoms with Gasteiger partial charge in [-0.2, -0.15) is 10.1 Å². The summed E-state index contributed by atoms with van der Waals surface area (Å²) in [4.78, 5) is 16.0. The lowest BCUT2D eigenvalue weighted by molar-refractivity contribution is -0.133. The Morgan fingerprint density at radius 1 is 1.48 bits per heavy atom. The number of aromatic nitrogens is 4. The van der Waals surface area contributed by atoms with E-state index in [1.165, 1.54) is 4.68 Å². The molecule has 3 rings (SSSR count). The summed E-state index contributed by atoms with van der Waals surface area (Å²) in [6.07, 6.45) is 6.20. The van der Waals surface area contributed by atoms with Crippen LogP contribution < -0.4 is 4.72 Å². The lowest BCUT2D eigenvalue weighted by Crippen LogP contribution is -2.55. The van der Waals surface area contributed by atoms with Crippen molar-refractivity contribution in [2.75, 3.05) is 0 Å². The van der Waals surface area contributed by atoms with Crippen LogP contribution in [-0.4, -0.2) is 34.2 Å². The minimum atomic E-state index is -3.88. The zero-order chi connectivity index (χ0) is 14.9. The summed E-state index contributed by atoms with van der Waals surface area (Å²) in [5.74, 6) is -1.09. The van der Waals surface area contributed by atoms with E-state index in [-0.39, 0.29) is 5.82 Å². The Labute approximate surface area is 120 Å². The molecule has 0 saturated heterocycles. The maximum atomic E-state index is 12.4. The average Bonchev–Trinajstić information content (AvgIpc) is 2.99. The fourth-order valence-corrected chi connectivity index (χ4v) is 3.30. The molecule has 0 aliphatic heterocycles. The molecule has 0 bridgehead atoms. The molecule has 1 fully saturated rings. The van der Waals surface area contributed by atoms with E-state index in [1.54, 1.807) is 18.5 Å². The molecule has 2 aromatic heterocycles. The third-order valence-corrected chi connectivity index (χ3v) is 4.66. The predicted octanol–water partition coefficient (Wildman–Crippen LogP) is -0.208. The Hall–Kier alpha value is -2.23. The quantitative estimate of drug-likeness (QED) is 0.811. The first kappa shape index (κ1) is 13.7. The van der Waals surface area contributed by atoms with Gasteiger partial charge in [0.25, 0.3) is 5.91 Å². The zero-order valence-electron chi connectivity index (χ0n) is 11.0. The van der Waals surface area contributed by atoms with Crippen molar-refractivity contribution < 1.29 is 17.7 Å². The molecule has 0 atom stereocenters. The van der Waals surface area contributed by atoms with E-state index >= 15 is 0 Å². The Morgan fingerprint density at radius 3 is 2.81 bits per heavy atom. The van der Waals surface area contributed by atoms with Crippen LogP contribution in [0.4, 0.5) is 0 Å². The van der Waals surface area contributed by atoms with E-state index in [2.05, 4.69) is 24.5 Å². The van der Waals surface area contributed by atoms with E-state index in [0.29, 0.717) is 12.8 Å². The number of amides is 1. The monoisotopic (exact) mass is 311 g/mol. The van der Waals surface area contributed by atoms with Crippen LogP contribution in [0.3, 0.4) is 0 Å². The highest BCUT2D eigenvalue weighted by Gasteiger charge is 2.47. The molecule has 21 heavy (non-hydrogen) atoms. The van der Waals surface area contributed by atoms with Gasteiger partial charge >= 0.3 is 0 Å². The highest BCUT2D eigenvalue weighted by atomic mass is 32.2. The zero-order valence-corrected chi connectivity index (χ0v) is 11.8. The molecule has 1 amide bonds. The van der Waals surface area contributed by atoms with E-state index in [0.717, 1.165) is 12.8 Å².